The fourth-order valence-electron chi connectivity index (χ4n) is 5.37. The van der Waals surface area contributed by atoms with Crippen LogP contribution in [0.25, 0.3) is 11.1 Å². The van der Waals surface area contributed by atoms with Gasteiger partial charge in [-0.2, -0.15) is 13.2 Å². The number of nitrogens with one attached hydrogen (secondary N) is 2. The Morgan fingerprint density at radius 2 is 1.77 bits per heavy atom. The third-order valence-corrected chi connectivity index (χ3v) is 7.75. The Morgan fingerprint density at radius 1 is 1.11 bits per heavy atom. The van der Waals surface area contributed by atoms with Gasteiger partial charge in [-0.3, -0.25) is 9.59 Å². The Labute approximate surface area is 249 Å². The molecule has 0 saturated carbocycles. The summed E-state index contributed by atoms with van der Waals surface area (Å²) in [6.45, 7) is 5.24. The molecule has 1 aromatic heterocycles. The molecule has 0 saturated heterocycles. The lowest BCUT2D eigenvalue weighted by Crippen LogP contribution is -2.43. The molecule has 0 spiro atoms. The Morgan fingerprint density at radius 3 is 2.36 bits per heavy atom. The quantitative estimate of drug-likeness (QED) is 0.274. The van der Waals surface area contributed by atoms with Crippen LogP contribution in [0.3, 0.4) is 0 Å². The van der Waals surface area contributed by atoms with Crippen LogP contribution in [0.5, 0.6) is 5.75 Å². The third kappa shape index (κ3) is 6.56. The number of carbonyl (C=O) groups is 2. The van der Waals surface area contributed by atoms with E-state index in [4.69, 9.17) is 4.74 Å². The van der Waals surface area contributed by atoms with Crippen LogP contribution in [0.4, 0.5) is 27.6 Å². The number of halogens is 5. The minimum atomic E-state index is -4.68. The van der Waals surface area contributed by atoms with Crippen LogP contribution in [0.1, 0.15) is 52.5 Å². The van der Waals surface area contributed by atoms with Gasteiger partial charge in [-0.1, -0.05) is 19.1 Å². The van der Waals surface area contributed by atoms with Crippen molar-refractivity contribution < 1.29 is 41.4 Å². The minimum Gasteiger partial charge on any atom is -0.493 e. The van der Waals surface area contributed by atoms with Gasteiger partial charge in [0.1, 0.15) is 35.0 Å². The van der Waals surface area contributed by atoms with E-state index >= 15 is 0 Å². The van der Waals surface area contributed by atoms with Crippen molar-refractivity contribution >= 4 is 17.6 Å². The van der Waals surface area contributed by atoms with Gasteiger partial charge in [0.2, 0.25) is 0 Å². The van der Waals surface area contributed by atoms with Crippen LogP contribution in [-0.2, 0) is 24.7 Å². The highest BCUT2D eigenvalue weighted by molar-refractivity contribution is 5.97. The number of fused-ring (bicyclic) bond motifs is 1. The Hall–Kier alpha value is -4.42. The number of hydrogen-bond donors (Lipinski definition) is 3. The average molecular weight is 622 g/mol. The second-order valence-corrected chi connectivity index (χ2v) is 10.8. The first kappa shape index (κ1) is 32.5. The number of aliphatic carboxylic acids is 1. The highest BCUT2D eigenvalue weighted by atomic mass is 19.4. The van der Waals surface area contributed by atoms with Gasteiger partial charge in [-0.05, 0) is 68.0 Å². The average Bonchev–Trinajstić information content (AvgIpc) is 2.94. The molecule has 0 aliphatic carbocycles. The van der Waals surface area contributed by atoms with Crippen molar-refractivity contribution in [3.05, 3.63) is 80.3 Å². The largest absolute Gasteiger partial charge is 0.493 e. The molecule has 13 heteroatoms. The fraction of sp³-hybridized carbons (Fsp3) is 0.387. The van der Waals surface area contributed by atoms with E-state index in [0.29, 0.717) is 59.6 Å². The number of nitrogens with zero attached hydrogens (tertiary/aromatic N) is 1. The van der Waals surface area contributed by atoms with Gasteiger partial charge in [-0.15, -0.1) is 0 Å². The van der Waals surface area contributed by atoms with E-state index in [1.54, 1.807) is 19.2 Å². The molecule has 8 nitrogen and oxygen atoms in total. The van der Waals surface area contributed by atoms with Gasteiger partial charge in [0.25, 0.3) is 11.5 Å². The van der Waals surface area contributed by atoms with E-state index in [1.807, 2.05) is 25.2 Å². The number of rotatable bonds is 9. The second-order valence-electron chi connectivity index (χ2n) is 10.8. The van der Waals surface area contributed by atoms with Gasteiger partial charge < -0.3 is 25.0 Å². The lowest BCUT2D eigenvalue weighted by molar-refractivity contribution is -0.143. The van der Waals surface area contributed by atoms with E-state index in [1.165, 1.54) is 11.5 Å². The molecule has 0 fully saturated rings. The summed E-state index contributed by atoms with van der Waals surface area (Å²) in [4.78, 5) is 38.2. The molecule has 0 bridgehead atoms. The number of ether oxygens (including phenoxy) is 1. The highest BCUT2D eigenvalue weighted by Gasteiger charge is 2.38. The normalized spacial score (nSPS) is 14.3. The lowest BCUT2D eigenvalue weighted by atomic mass is 9.89. The third-order valence-electron chi connectivity index (χ3n) is 7.75. The minimum absolute atomic E-state index is 0.226. The number of aryl methyl sites for hydroxylation is 2. The maximum absolute atomic E-state index is 14.8. The molecule has 3 aromatic rings. The Balaban J connectivity index is 1.63. The summed E-state index contributed by atoms with van der Waals surface area (Å²) >= 11 is 0. The number of carbonyl (C=O) groups excluding carboxylic acids is 1. The number of amides is 1. The van der Waals surface area contributed by atoms with E-state index < -0.39 is 59.4 Å². The maximum Gasteiger partial charge on any atom is 0.408 e. The number of carboxylic acids is 1. The van der Waals surface area contributed by atoms with Crippen LogP contribution < -0.4 is 20.9 Å². The summed E-state index contributed by atoms with van der Waals surface area (Å²) in [5, 5.41) is 14.0. The SMILES string of the molecule is CC[C@@H](Nc1cc(F)c(C(=O)N[C@@H](Cc2ccc(-c3c(C)cc(C)n(C)c3=O)c3c2CCCO3)C(=O)O)c(F)c1)C(F)(F)F. The summed E-state index contributed by atoms with van der Waals surface area (Å²) in [5.41, 5.74) is 1.76. The maximum atomic E-state index is 14.8. The van der Waals surface area contributed by atoms with Crippen molar-refractivity contribution in [2.75, 3.05) is 11.9 Å². The van der Waals surface area contributed by atoms with E-state index in [9.17, 15) is 41.4 Å². The molecule has 1 aliphatic heterocycles. The number of aromatic nitrogens is 1. The van der Waals surface area contributed by atoms with Crippen molar-refractivity contribution in [3.8, 4) is 16.9 Å². The van der Waals surface area contributed by atoms with Gasteiger partial charge in [0.15, 0.2) is 0 Å². The zero-order chi connectivity index (χ0) is 32.5. The monoisotopic (exact) mass is 621 g/mol. The number of pyridine rings is 1. The molecular formula is C31H32F5N3O5. The van der Waals surface area contributed by atoms with Crippen molar-refractivity contribution in [2.24, 2.45) is 7.05 Å². The molecule has 236 valence electrons. The van der Waals surface area contributed by atoms with Gasteiger partial charge in [0.05, 0.1) is 12.2 Å². The molecule has 4 rings (SSSR count). The molecule has 2 heterocycles. The molecule has 2 aromatic carbocycles. The molecule has 2 atom stereocenters. The fourth-order valence-corrected chi connectivity index (χ4v) is 5.37. The van der Waals surface area contributed by atoms with Crippen LogP contribution in [-0.4, -0.2) is 46.4 Å². The first-order valence-electron chi connectivity index (χ1n) is 13.9. The molecule has 44 heavy (non-hydrogen) atoms. The lowest BCUT2D eigenvalue weighted by Gasteiger charge is -2.25. The van der Waals surface area contributed by atoms with Gasteiger partial charge in [-0.25, -0.2) is 13.6 Å². The van der Waals surface area contributed by atoms with E-state index in [0.717, 1.165) is 11.3 Å². The van der Waals surface area contributed by atoms with E-state index in [2.05, 4.69) is 5.32 Å². The molecule has 0 unspecified atom stereocenters. The topological polar surface area (TPSA) is 110 Å². The van der Waals surface area contributed by atoms with Crippen LogP contribution in [0.2, 0.25) is 0 Å². The first-order valence-corrected chi connectivity index (χ1v) is 13.9. The van der Waals surface area contributed by atoms with Crippen LogP contribution >= 0.6 is 0 Å². The predicted octanol–water partition coefficient (Wildman–Crippen LogP) is 5.45. The van der Waals surface area contributed by atoms with Gasteiger partial charge >= 0.3 is 12.1 Å². The Kier molecular flexibility index (Phi) is 9.36. The molecule has 1 amide bonds. The first-order chi connectivity index (χ1) is 20.6. The summed E-state index contributed by atoms with van der Waals surface area (Å²) in [6, 6.07) is 2.55. The summed E-state index contributed by atoms with van der Waals surface area (Å²) in [5.74, 6) is -5.36. The van der Waals surface area contributed by atoms with Crippen LogP contribution in [0.15, 0.2) is 35.1 Å². The number of benzene rings is 2. The van der Waals surface area contributed by atoms with Crippen molar-refractivity contribution in [2.45, 2.75) is 64.7 Å². The summed E-state index contributed by atoms with van der Waals surface area (Å²) in [7, 11) is 1.66. The van der Waals surface area contributed by atoms with E-state index in [-0.39, 0.29) is 12.0 Å². The zero-order valence-corrected chi connectivity index (χ0v) is 24.5. The number of hydrogen-bond acceptors (Lipinski definition) is 5. The van der Waals surface area contributed by atoms with Crippen molar-refractivity contribution in [1.29, 1.82) is 0 Å². The number of anilines is 1. The smallest absolute Gasteiger partial charge is 0.408 e. The second kappa shape index (κ2) is 12.7. The molecule has 1 aliphatic rings. The Bertz CT molecular complexity index is 1640. The number of carboxylic acid groups (broad SMARTS) is 1. The standard InChI is InChI=1S/C31H32F5N3O5/c1-5-24(31(34,35)36)37-18-13-21(32)26(22(33)14-18)28(40)38-23(30(42)43)12-17-8-9-20(27-19(17)7-6-10-44-27)25-15(2)11-16(3)39(4)29(25)41/h8-9,11,13-14,23-24,37H,5-7,10,12H2,1-4H3,(H,38,40)(H,42,43)/t23-,24+/m0/s1. The number of alkyl halides is 3. The molecule has 3 N–H and O–H groups in total. The summed E-state index contributed by atoms with van der Waals surface area (Å²) < 4.78 is 76.4. The van der Waals surface area contributed by atoms with Crippen LogP contribution in [0, 0.1) is 25.5 Å². The van der Waals surface area contributed by atoms with Gasteiger partial charge in [0, 0.05) is 30.4 Å². The molecule has 0 radical (unpaired) electrons. The zero-order valence-electron chi connectivity index (χ0n) is 24.5. The highest BCUT2D eigenvalue weighted by Crippen LogP contribution is 2.39. The van der Waals surface area contributed by atoms with Crippen molar-refractivity contribution in [1.82, 2.24) is 9.88 Å². The predicted molar refractivity (Wildman–Crippen MR) is 153 cm³/mol. The van der Waals surface area contributed by atoms with Crippen molar-refractivity contribution in [3.63, 3.8) is 0 Å². The summed E-state index contributed by atoms with van der Waals surface area (Å²) in [6.07, 6.45) is -4.25. The molecular weight excluding hydrogens is 589 g/mol.